The van der Waals surface area contributed by atoms with E-state index in [1.807, 2.05) is 0 Å². The van der Waals surface area contributed by atoms with Gasteiger partial charge in [0.05, 0.1) is 34.4 Å². The zero-order chi connectivity index (χ0) is 22.8. The second kappa shape index (κ2) is 8.84. The van der Waals surface area contributed by atoms with Gasteiger partial charge in [-0.3, -0.25) is 9.59 Å². The van der Waals surface area contributed by atoms with E-state index in [0.717, 1.165) is 23.9 Å². The van der Waals surface area contributed by atoms with Gasteiger partial charge in [0.1, 0.15) is 0 Å². The summed E-state index contributed by atoms with van der Waals surface area (Å²) in [5.41, 5.74) is 0.419. The minimum absolute atomic E-state index is 0.193. The number of nitrogens with one attached hydrogen (secondary N) is 1. The molecule has 162 valence electrons. The summed E-state index contributed by atoms with van der Waals surface area (Å²) in [6.45, 7) is 1.60. The highest BCUT2D eigenvalue weighted by Crippen LogP contribution is 2.31. The Morgan fingerprint density at radius 1 is 1.10 bits per heavy atom. The third-order valence-corrected chi connectivity index (χ3v) is 5.49. The lowest BCUT2D eigenvalue weighted by molar-refractivity contribution is -0.137. The molecule has 2 amide bonds. The average Bonchev–Trinajstić information content (AvgIpc) is 3.10. The van der Waals surface area contributed by atoms with Crippen molar-refractivity contribution in [2.45, 2.75) is 18.0 Å². The Morgan fingerprint density at radius 3 is 2.48 bits per heavy atom. The van der Waals surface area contributed by atoms with Crippen molar-refractivity contribution in [2.24, 2.45) is 0 Å². The Hall–Kier alpha value is -3.27. The molecule has 1 aromatic heterocycles. The molecule has 0 saturated heterocycles. The molecule has 0 saturated carbocycles. The Balaban J connectivity index is 1.86. The van der Waals surface area contributed by atoms with Crippen LogP contribution in [0.2, 0.25) is 0 Å². The molecule has 31 heavy (non-hydrogen) atoms. The maximum atomic E-state index is 13.0. The maximum Gasteiger partial charge on any atom is 0.416 e. The minimum atomic E-state index is -4.48. The van der Waals surface area contributed by atoms with E-state index in [2.05, 4.69) is 10.4 Å². The molecule has 0 aliphatic carbocycles. The van der Waals surface area contributed by atoms with Crippen LogP contribution >= 0.6 is 11.8 Å². The molecule has 0 radical (unpaired) electrons. The van der Waals surface area contributed by atoms with E-state index in [1.54, 1.807) is 45.3 Å². The lowest BCUT2D eigenvalue weighted by Gasteiger charge is -2.13. The van der Waals surface area contributed by atoms with Gasteiger partial charge in [0.2, 0.25) is 0 Å². The fourth-order valence-electron chi connectivity index (χ4n) is 2.74. The molecule has 6 nitrogen and oxygen atoms in total. The van der Waals surface area contributed by atoms with Crippen LogP contribution in [0, 0.1) is 6.92 Å². The molecule has 0 unspecified atom stereocenters. The summed E-state index contributed by atoms with van der Waals surface area (Å²) in [5, 5.41) is 6.64. The fourth-order valence-corrected chi connectivity index (χ4v) is 3.49. The molecular formula is C21H19F3N4O2S. The van der Waals surface area contributed by atoms with Gasteiger partial charge < -0.3 is 10.2 Å². The first kappa shape index (κ1) is 22.4. The Labute approximate surface area is 181 Å². The van der Waals surface area contributed by atoms with Crippen LogP contribution in [0.4, 0.5) is 23.7 Å². The topological polar surface area (TPSA) is 67.2 Å². The molecule has 1 heterocycles. The van der Waals surface area contributed by atoms with Crippen molar-refractivity contribution in [2.75, 3.05) is 19.4 Å². The van der Waals surface area contributed by atoms with Gasteiger partial charge in [-0.15, -0.1) is 0 Å². The number of halogens is 3. The number of para-hydroxylation sites is 1. The van der Waals surface area contributed by atoms with Crippen molar-refractivity contribution in [3.63, 3.8) is 0 Å². The maximum absolute atomic E-state index is 13.0. The lowest BCUT2D eigenvalue weighted by atomic mass is 10.2. The standard InChI is InChI=1S/C21H19F3N4O2S/c1-13-16(12-25-28(13)15-8-6-7-14(11-15)21(22,23)24)19(29)26-17-9-4-5-10-18(17)31-20(30)27(2)3/h4-12H,1-3H3,(H,26,29). The lowest BCUT2D eigenvalue weighted by Crippen LogP contribution is -2.17. The van der Waals surface area contributed by atoms with Gasteiger partial charge >= 0.3 is 6.18 Å². The number of aromatic nitrogens is 2. The zero-order valence-corrected chi connectivity index (χ0v) is 17.7. The summed E-state index contributed by atoms with van der Waals surface area (Å²) in [4.78, 5) is 26.8. The van der Waals surface area contributed by atoms with Crippen LogP contribution in [0.25, 0.3) is 5.69 Å². The number of hydrogen-bond donors (Lipinski definition) is 1. The third-order valence-electron chi connectivity index (χ3n) is 4.37. The SMILES string of the molecule is Cc1c(C(=O)Nc2ccccc2SC(=O)N(C)C)cnn1-c1cccc(C(F)(F)F)c1. The van der Waals surface area contributed by atoms with Crippen LogP contribution in [0.3, 0.4) is 0 Å². The highest BCUT2D eigenvalue weighted by atomic mass is 32.2. The van der Waals surface area contributed by atoms with Crippen molar-refractivity contribution in [3.8, 4) is 5.69 Å². The van der Waals surface area contributed by atoms with Crippen LogP contribution in [-0.2, 0) is 6.18 Å². The number of benzene rings is 2. The molecule has 0 aliphatic rings. The normalized spacial score (nSPS) is 11.3. The molecule has 3 rings (SSSR count). The van der Waals surface area contributed by atoms with Crippen molar-refractivity contribution in [3.05, 3.63) is 71.5 Å². The van der Waals surface area contributed by atoms with Gasteiger partial charge in [0, 0.05) is 19.0 Å². The van der Waals surface area contributed by atoms with Gasteiger partial charge in [0.25, 0.3) is 11.1 Å². The third kappa shape index (κ3) is 5.08. The molecular weight excluding hydrogens is 429 g/mol. The highest BCUT2D eigenvalue weighted by molar-refractivity contribution is 8.13. The van der Waals surface area contributed by atoms with E-state index in [0.29, 0.717) is 16.3 Å². The fraction of sp³-hybridized carbons (Fsp3) is 0.190. The van der Waals surface area contributed by atoms with E-state index in [1.165, 1.54) is 27.9 Å². The number of hydrogen-bond acceptors (Lipinski definition) is 4. The molecule has 10 heteroatoms. The molecule has 0 atom stereocenters. The van der Waals surface area contributed by atoms with Crippen LogP contribution in [0.5, 0.6) is 0 Å². The van der Waals surface area contributed by atoms with Crippen molar-refractivity contribution in [1.29, 1.82) is 0 Å². The van der Waals surface area contributed by atoms with Crippen molar-refractivity contribution < 1.29 is 22.8 Å². The van der Waals surface area contributed by atoms with Crippen molar-refractivity contribution >= 4 is 28.6 Å². The first-order valence-electron chi connectivity index (χ1n) is 9.09. The number of amides is 2. The summed E-state index contributed by atoms with van der Waals surface area (Å²) in [7, 11) is 3.25. The second-order valence-electron chi connectivity index (χ2n) is 6.82. The monoisotopic (exact) mass is 448 g/mol. The van der Waals surface area contributed by atoms with Crippen LogP contribution in [-0.4, -0.2) is 39.9 Å². The van der Waals surface area contributed by atoms with E-state index in [4.69, 9.17) is 0 Å². The van der Waals surface area contributed by atoms with Crippen LogP contribution in [0.1, 0.15) is 21.6 Å². The quantitative estimate of drug-likeness (QED) is 0.556. The first-order valence-corrected chi connectivity index (χ1v) is 9.91. The molecule has 3 aromatic rings. The van der Waals surface area contributed by atoms with Crippen molar-refractivity contribution in [1.82, 2.24) is 14.7 Å². The Bertz CT molecular complexity index is 1130. The molecule has 1 N–H and O–H groups in total. The average molecular weight is 448 g/mol. The number of carbonyl (C=O) groups is 2. The van der Waals surface area contributed by atoms with Gasteiger partial charge in [-0.2, -0.15) is 18.3 Å². The van der Waals surface area contributed by atoms with Crippen LogP contribution in [0.15, 0.2) is 59.6 Å². The second-order valence-corrected chi connectivity index (χ2v) is 7.81. The molecule has 0 aliphatic heterocycles. The van der Waals surface area contributed by atoms with E-state index >= 15 is 0 Å². The van der Waals surface area contributed by atoms with Gasteiger partial charge in [-0.1, -0.05) is 18.2 Å². The summed E-state index contributed by atoms with van der Waals surface area (Å²) < 4.78 is 40.3. The Kier molecular flexibility index (Phi) is 6.40. The number of carbonyl (C=O) groups excluding carboxylic acids is 2. The summed E-state index contributed by atoms with van der Waals surface area (Å²) in [6, 6.07) is 11.6. The van der Waals surface area contributed by atoms with Gasteiger partial charge in [-0.25, -0.2) is 4.68 Å². The summed E-state index contributed by atoms with van der Waals surface area (Å²) >= 11 is 0.971. The predicted molar refractivity (Wildman–Crippen MR) is 113 cm³/mol. The first-order chi connectivity index (χ1) is 14.6. The Morgan fingerprint density at radius 2 is 1.81 bits per heavy atom. The smallest absolute Gasteiger partial charge is 0.339 e. The molecule has 2 aromatic carbocycles. The number of alkyl halides is 3. The van der Waals surface area contributed by atoms with Crippen LogP contribution < -0.4 is 5.32 Å². The summed E-state index contributed by atoms with van der Waals surface area (Å²) in [5.74, 6) is -0.485. The number of anilines is 1. The summed E-state index contributed by atoms with van der Waals surface area (Å²) in [6.07, 6.45) is -3.19. The minimum Gasteiger partial charge on any atom is -0.339 e. The van der Waals surface area contributed by atoms with E-state index in [-0.39, 0.29) is 16.5 Å². The van der Waals surface area contributed by atoms with Gasteiger partial charge in [-0.05, 0) is 49.0 Å². The van der Waals surface area contributed by atoms with Gasteiger partial charge in [0.15, 0.2) is 0 Å². The predicted octanol–water partition coefficient (Wildman–Crippen LogP) is 5.23. The molecule has 0 bridgehead atoms. The zero-order valence-electron chi connectivity index (χ0n) is 16.9. The molecule has 0 fully saturated rings. The molecule has 0 spiro atoms. The largest absolute Gasteiger partial charge is 0.416 e. The number of thioether (sulfide) groups is 1. The highest BCUT2D eigenvalue weighted by Gasteiger charge is 2.30. The number of rotatable bonds is 4. The number of nitrogens with zero attached hydrogens (tertiary/aromatic N) is 3. The van der Waals surface area contributed by atoms with E-state index < -0.39 is 17.6 Å². The van der Waals surface area contributed by atoms with E-state index in [9.17, 15) is 22.8 Å².